The normalized spacial score (nSPS) is 29.6. The molecule has 0 radical (unpaired) electrons. The molecule has 5 nitrogen and oxygen atoms in total. The molecule has 0 amide bonds. The van der Waals surface area contributed by atoms with Gasteiger partial charge >= 0.3 is 0 Å². The highest BCUT2D eigenvalue weighted by Crippen LogP contribution is 2.36. The van der Waals surface area contributed by atoms with Crippen LogP contribution >= 0.6 is 0 Å². The first-order valence-electron chi connectivity index (χ1n) is 10.7. The Morgan fingerprint density at radius 1 is 1.19 bits per heavy atom. The molecular weight excluding hydrogens is 342 g/mol. The molecule has 3 N–H and O–H groups in total. The molecule has 0 bridgehead atoms. The average Bonchev–Trinajstić information content (AvgIpc) is 3.24. The maximum atomic E-state index is 10.3. The molecule has 2 aliphatic rings. The molecule has 1 aliphatic heterocycles. The van der Waals surface area contributed by atoms with E-state index < -0.39 is 18.3 Å². The number of aliphatic hydroxyl groups excluding tert-OH is 3. The zero-order valence-electron chi connectivity index (χ0n) is 16.7. The van der Waals surface area contributed by atoms with Crippen LogP contribution in [-0.2, 0) is 4.74 Å². The molecule has 5 atom stereocenters. The average molecular weight is 380 g/mol. The van der Waals surface area contributed by atoms with Crippen molar-refractivity contribution in [3.63, 3.8) is 0 Å². The van der Waals surface area contributed by atoms with Crippen molar-refractivity contribution in [3.8, 4) is 0 Å². The largest absolute Gasteiger partial charge is 0.479 e. The first-order valence-corrected chi connectivity index (χ1v) is 10.7. The van der Waals surface area contributed by atoms with E-state index in [9.17, 15) is 15.3 Å². The number of hydrogen-bond acceptors (Lipinski definition) is 5. The van der Waals surface area contributed by atoms with Crippen LogP contribution in [0.25, 0.3) is 0 Å². The summed E-state index contributed by atoms with van der Waals surface area (Å²) in [6, 6.07) is 0. The van der Waals surface area contributed by atoms with Gasteiger partial charge < -0.3 is 20.1 Å². The number of ether oxygens (including phenoxy) is 1. The second kappa shape index (κ2) is 12.3. The molecular formula is C22H37NO4. The van der Waals surface area contributed by atoms with Gasteiger partial charge in [0.2, 0.25) is 0 Å². The van der Waals surface area contributed by atoms with E-state index in [0.717, 1.165) is 70.4 Å². The van der Waals surface area contributed by atoms with E-state index in [-0.39, 0.29) is 11.8 Å². The van der Waals surface area contributed by atoms with Gasteiger partial charge in [0, 0.05) is 18.8 Å². The second-order valence-corrected chi connectivity index (χ2v) is 7.78. The van der Waals surface area contributed by atoms with Gasteiger partial charge in [0.05, 0.1) is 24.9 Å². The van der Waals surface area contributed by atoms with Gasteiger partial charge in [-0.05, 0) is 31.6 Å². The van der Waals surface area contributed by atoms with Crippen LogP contribution < -0.4 is 0 Å². The lowest BCUT2D eigenvalue weighted by atomic mass is 9.89. The molecule has 1 heterocycles. The number of allylic oxidation sites excluding steroid dienone is 2. The fourth-order valence-electron chi connectivity index (χ4n) is 3.94. The summed E-state index contributed by atoms with van der Waals surface area (Å²) >= 11 is 0. The molecule has 0 spiro atoms. The van der Waals surface area contributed by atoms with Crippen molar-refractivity contribution >= 4 is 5.90 Å². The van der Waals surface area contributed by atoms with E-state index in [0.29, 0.717) is 6.42 Å². The molecule has 0 aromatic rings. The topological polar surface area (TPSA) is 82.3 Å². The number of unbranched alkanes of at least 4 members (excludes halogenated alkanes) is 3. The summed E-state index contributed by atoms with van der Waals surface area (Å²) in [6.07, 6.45) is 14.6. The summed E-state index contributed by atoms with van der Waals surface area (Å²) in [5.74, 6) is 0.796. The molecule has 5 heteroatoms. The molecule has 0 unspecified atom stereocenters. The third kappa shape index (κ3) is 7.76. The highest BCUT2D eigenvalue weighted by molar-refractivity contribution is 5.77. The molecule has 1 fully saturated rings. The Balaban J connectivity index is 1.74. The van der Waals surface area contributed by atoms with E-state index in [4.69, 9.17) is 4.74 Å². The maximum Gasteiger partial charge on any atom is 0.183 e. The Kier molecular flexibility index (Phi) is 10.1. The Labute approximate surface area is 163 Å². The number of nitrogens with zero attached hydrogens (tertiary/aromatic N) is 1. The van der Waals surface area contributed by atoms with Crippen LogP contribution in [0.5, 0.6) is 0 Å². The lowest BCUT2D eigenvalue weighted by molar-refractivity contribution is 0.120. The van der Waals surface area contributed by atoms with Crippen LogP contribution in [0.3, 0.4) is 0 Å². The van der Waals surface area contributed by atoms with Crippen molar-refractivity contribution in [2.75, 3.05) is 13.2 Å². The second-order valence-electron chi connectivity index (χ2n) is 7.78. The monoisotopic (exact) mass is 379 g/mol. The van der Waals surface area contributed by atoms with Crippen molar-refractivity contribution < 1.29 is 20.1 Å². The van der Waals surface area contributed by atoms with Gasteiger partial charge in [-0.3, -0.25) is 4.99 Å². The van der Waals surface area contributed by atoms with Gasteiger partial charge in [0.25, 0.3) is 0 Å². The third-order valence-corrected chi connectivity index (χ3v) is 5.56. The molecule has 0 saturated heterocycles. The van der Waals surface area contributed by atoms with Gasteiger partial charge in [0.15, 0.2) is 5.90 Å². The van der Waals surface area contributed by atoms with Gasteiger partial charge in [0.1, 0.15) is 6.61 Å². The molecule has 1 aliphatic carbocycles. The number of rotatable bonds is 12. The summed E-state index contributed by atoms with van der Waals surface area (Å²) in [6.45, 7) is 3.65. The summed E-state index contributed by atoms with van der Waals surface area (Å²) < 4.78 is 5.39. The van der Waals surface area contributed by atoms with Crippen LogP contribution in [0.1, 0.15) is 64.7 Å². The summed E-state index contributed by atoms with van der Waals surface area (Å²) in [4.78, 5) is 4.28. The Morgan fingerprint density at radius 2 is 2.04 bits per heavy atom. The highest BCUT2D eigenvalue weighted by Gasteiger charge is 2.39. The van der Waals surface area contributed by atoms with E-state index in [1.54, 1.807) is 6.08 Å². The minimum absolute atomic E-state index is 0.0119. The zero-order chi connectivity index (χ0) is 19.5. The van der Waals surface area contributed by atoms with Gasteiger partial charge in [-0.25, -0.2) is 0 Å². The predicted octanol–water partition coefficient (Wildman–Crippen LogP) is 3.39. The number of aliphatic imine (C=N–C) groups is 1. The molecule has 2 rings (SSSR count). The number of aliphatic hydroxyl groups is 3. The standard InChI is InChI=1S/C22H37NO4/c1-2-3-6-9-17(24)12-13-19-18(20(25)16-21(19)26)10-7-4-5-8-11-22-23-14-15-27-22/h4,7,12-13,17-21,24-26H,2-3,5-6,8-11,14-16H2,1H3/t17-,18+,19+,20-,21+/m0/s1. The van der Waals surface area contributed by atoms with Crippen molar-refractivity contribution in [1.29, 1.82) is 0 Å². The molecule has 0 aromatic heterocycles. The van der Waals surface area contributed by atoms with E-state index in [2.05, 4.69) is 24.1 Å². The van der Waals surface area contributed by atoms with Crippen LogP contribution in [0, 0.1) is 11.8 Å². The smallest absolute Gasteiger partial charge is 0.183 e. The fraction of sp³-hybridized carbons (Fsp3) is 0.773. The lowest BCUT2D eigenvalue weighted by Crippen LogP contribution is -2.20. The lowest BCUT2D eigenvalue weighted by Gasteiger charge is -2.19. The first-order chi connectivity index (χ1) is 13.1. The van der Waals surface area contributed by atoms with E-state index in [1.807, 2.05) is 6.08 Å². The van der Waals surface area contributed by atoms with Crippen molar-refractivity contribution in [2.45, 2.75) is 83.0 Å². The SMILES string of the molecule is CCCCC[C@H](O)C=C[C@@H]1[C@@H](CC=CCCCC2=NCCO2)[C@@H](O)C[C@H]1O. The summed E-state index contributed by atoms with van der Waals surface area (Å²) in [7, 11) is 0. The van der Waals surface area contributed by atoms with Crippen LogP contribution in [0.4, 0.5) is 0 Å². The van der Waals surface area contributed by atoms with Crippen molar-refractivity contribution in [2.24, 2.45) is 16.8 Å². The van der Waals surface area contributed by atoms with Crippen LogP contribution in [0.2, 0.25) is 0 Å². The fourth-order valence-corrected chi connectivity index (χ4v) is 3.94. The maximum absolute atomic E-state index is 10.3. The quantitative estimate of drug-likeness (QED) is 0.359. The summed E-state index contributed by atoms with van der Waals surface area (Å²) in [5.41, 5.74) is 0. The Morgan fingerprint density at radius 3 is 2.78 bits per heavy atom. The summed E-state index contributed by atoms with van der Waals surface area (Å²) in [5, 5.41) is 30.6. The zero-order valence-corrected chi connectivity index (χ0v) is 16.7. The van der Waals surface area contributed by atoms with Crippen LogP contribution in [0.15, 0.2) is 29.3 Å². The highest BCUT2D eigenvalue weighted by atomic mass is 16.5. The van der Waals surface area contributed by atoms with Crippen molar-refractivity contribution in [1.82, 2.24) is 0 Å². The number of hydrogen-bond donors (Lipinski definition) is 3. The molecule has 154 valence electrons. The minimum Gasteiger partial charge on any atom is -0.479 e. The van der Waals surface area contributed by atoms with Gasteiger partial charge in [-0.2, -0.15) is 0 Å². The minimum atomic E-state index is -0.532. The molecule has 1 saturated carbocycles. The Hall–Kier alpha value is -1.17. The van der Waals surface area contributed by atoms with Crippen LogP contribution in [-0.4, -0.2) is 52.7 Å². The predicted molar refractivity (Wildman–Crippen MR) is 109 cm³/mol. The van der Waals surface area contributed by atoms with E-state index in [1.165, 1.54) is 0 Å². The van der Waals surface area contributed by atoms with Gasteiger partial charge in [-0.1, -0.05) is 50.5 Å². The molecule has 27 heavy (non-hydrogen) atoms. The molecule has 0 aromatic carbocycles. The third-order valence-electron chi connectivity index (χ3n) is 5.56. The van der Waals surface area contributed by atoms with E-state index >= 15 is 0 Å². The van der Waals surface area contributed by atoms with Crippen molar-refractivity contribution in [3.05, 3.63) is 24.3 Å². The first kappa shape index (κ1) is 22.1. The van der Waals surface area contributed by atoms with Gasteiger partial charge in [-0.15, -0.1) is 0 Å². The Bertz CT molecular complexity index is 503.